The predicted octanol–water partition coefficient (Wildman–Crippen LogP) is 2.86. The molecule has 1 aliphatic heterocycles. The van der Waals surface area contributed by atoms with Crippen LogP contribution in [0.1, 0.15) is 31.7 Å². The van der Waals surface area contributed by atoms with Crippen molar-refractivity contribution in [1.82, 2.24) is 0 Å². The number of benzene rings is 1. The van der Waals surface area contributed by atoms with Gasteiger partial charge in [0.25, 0.3) is 0 Å². The molecule has 17 heavy (non-hydrogen) atoms. The predicted molar refractivity (Wildman–Crippen MR) is 65.0 cm³/mol. The Kier molecular flexibility index (Phi) is 3.79. The van der Waals surface area contributed by atoms with Crippen molar-refractivity contribution >= 4 is 5.97 Å². The highest BCUT2D eigenvalue weighted by atomic mass is 16.6. The molecule has 3 nitrogen and oxygen atoms in total. The third-order valence-electron chi connectivity index (χ3n) is 2.90. The molecule has 0 spiro atoms. The van der Waals surface area contributed by atoms with Gasteiger partial charge < -0.3 is 9.47 Å². The molecule has 2 rings (SSSR count). The van der Waals surface area contributed by atoms with Gasteiger partial charge >= 0.3 is 5.97 Å². The summed E-state index contributed by atoms with van der Waals surface area (Å²) in [6, 6.07) is 7.45. The molecule has 0 bridgehead atoms. The first-order chi connectivity index (χ1) is 8.20. The van der Waals surface area contributed by atoms with Crippen LogP contribution in [0.25, 0.3) is 0 Å². The van der Waals surface area contributed by atoms with E-state index in [0.717, 1.165) is 24.8 Å². The number of hydrogen-bond acceptors (Lipinski definition) is 3. The first-order valence-corrected chi connectivity index (χ1v) is 6.14. The Morgan fingerprint density at radius 1 is 1.35 bits per heavy atom. The minimum Gasteiger partial charge on any atom is -0.425 e. The summed E-state index contributed by atoms with van der Waals surface area (Å²) < 4.78 is 10.5. The number of esters is 1. The molecule has 1 aromatic rings. The Morgan fingerprint density at radius 3 is 2.71 bits per heavy atom. The largest absolute Gasteiger partial charge is 0.425 e. The van der Waals surface area contributed by atoms with Crippen molar-refractivity contribution in [3.63, 3.8) is 0 Å². The van der Waals surface area contributed by atoms with Crippen LogP contribution < -0.4 is 4.74 Å². The number of epoxide rings is 1. The highest BCUT2D eigenvalue weighted by Crippen LogP contribution is 2.28. The molecule has 0 saturated carbocycles. The summed E-state index contributed by atoms with van der Waals surface area (Å²) in [4.78, 5) is 11.7. The van der Waals surface area contributed by atoms with Gasteiger partial charge in [-0.1, -0.05) is 37.5 Å². The number of unbranched alkanes of at least 4 members (excludes halogenated alkanes) is 1. The van der Waals surface area contributed by atoms with Crippen molar-refractivity contribution in [1.29, 1.82) is 0 Å². The van der Waals surface area contributed by atoms with Crippen molar-refractivity contribution in [3.8, 4) is 5.75 Å². The molecule has 0 radical (unpaired) electrons. The molecule has 0 amide bonds. The van der Waals surface area contributed by atoms with E-state index < -0.39 is 0 Å². The molecule has 2 atom stereocenters. The normalized spacial score (nSPS) is 22.2. The van der Waals surface area contributed by atoms with E-state index in [0.29, 0.717) is 5.75 Å². The zero-order chi connectivity index (χ0) is 12.3. The molecule has 0 unspecified atom stereocenters. The van der Waals surface area contributed by atoms with Crippen molar-refractivity contribution in [2.45, 2.75) is 45.3 Å². The minimum atomic E-state index is -0.345. The molecule has 0 N–H and O–H groups in total. The van der Waals surface area contributed by atoms with E-state index in [2.05, 4.69) is 6.92 Å². The quantitative estimate of drug-likeness (QED) is 0.446. The standard InChI is InChI=1S/C14H18O3/c1-3-4-5-12-13(17-12)14(15)16-11-8-6-10(2)7-9-11/h6-9,12-13H,3-5H2,1-2H3/t12-,13+/m1/s1. The number of carbonyl (C=O) groups excluding carboxylic acids is 1. The van der Waals surface area contributed by atoms with E-state index in [1.165, 1.54) is 0 Å². The summed E-state index contributed by atoms with van der Waals surface area (Å²) in [6.07, 6.45) is 2.90. The SMILES string of the molecule is CCCC[C@H]1O[C@@H]1C(=O)Oc1ccc(C)cc1. The lowest BCUT2D eigenvalue weighted by atomic mass is 10.1. The summed E-state index contributed by atoms with van der Waals surface area (Å²) >= 11 is 0. The van der Waals surface area contributed by atoms with Crippen LogP contribution in [0.15, 0.2) is 24.3 Å². The Labute approximate surface area is 102 Å². The van der Waals surface area contributed by atoms with E-state index in [-0.39, 0.29) is 18.2 Å². The lowest BCUT2D eigenvalue weighted by Gasteiger charge is -2.02. The van der Waals surface area contributed by atoms with Gasteiger partial charge in [0, 0.05) is 0 Å². The second-order valence-corrected chi connectivity index (χ2v) is 4.47. The molecule has 1 aromatic carbocycles. The van der Waals surface area contributed by atoms with Gasteiger partial charge in [-0.2, -0.15) is 0 Å². The smallest absolute Gasteiger partial charge is 0.343 e. The average molecular weight is 234 g/mol. The molecule has 1 heterocycles. The third-order valence-corrected chi connectivity index (χ3v) is 2.90. The van der Waals surface area contributed by atoms with Crippen molar-refractivity contribution in [3.05, 3.63) is 29.8 Å². The van der Waals surface area contributed by atoms with Gasteiger partial charge in [-0.05, 0) is 25.5 Å². The Hall–Kier alpha value is -1.35. The number of aryl methyl sites for hydroxylation is 1. The Morgan fingerprint density at radius 2 is 2.06 bits per heavy atom. The molecule has 3 heteroatoms. The van der Waals surface area contributed by atoms with Gasteiger partial charge in [0.1, 0.15) is 5.75 Å². The van der Waals surface area contributed by atoms with Crippen LogP contribution in [0.2, 0.25) is 0 Å². The summed E-state index contributed by atoms with van der Waals surface area (Å²) in [7, 11) is 0. The fraction of sp³-hybridized carbons (Fsp3) is 0.500. The molecule has 0 aliphatic carbocycles. The number of ether oxygens (including phenoxy) is 2. The molecule has 92 valence electrons. The van der Waals surface area contributed by atoms with Crippen LogP contribution in [-0.4, -0.2) is 18.2 Å². The van der Waals surface area contributed by atoms with Crippen molar-refractivity contribution in [2.75, 3.05) is 0 Å². The lowest BCUT2D eigenvalue weighted by molar-refractivity contribution is -0.135. The second kappa shape index (κ2) is 5.32. The molecular weight excluding hydrogens is 216 g/mol. The maximum atomic E-state index is 11.7. The van der Waals surface area contributed by atoms with Crippen LogP contribution in [-0.2, 0) is 9.53 Å². The fourth-order valence-electron chi connectivity index (χ4n) is 1.76. The van der Waals surface area contributed by atoms with Gasteiger partial charge in [-0.25, -0.2) is 4.79 Å². The number of rotatable bonds is 5. The van der Waals surface area contributed by atoms with E-state index in [4.69, 9.17) is 9.47 Å². The van der Waals surface area contributed by atoms with E-state index in [1.54, 1.807) is 12.1 Å². The number of hydrogen-bond donors (Lipinski definition) is 0. The lowest BCUT2D eigenvalue weighted by Crippen LogP contribution is -2.17. The van der Waals surface area contributed by atoms with Gasteiger partial charge in [0.15, 0.2) is 6.10 Å². The number of carbonyl (C=O) groups is 1. The van der Waals surface area contributed by atoms with Crippen LogP contribution in [0.5, 0.6) is 5.75 Å². The zero-order valence-corrected chi connectivity index (χ0v) is 10.3. The molecule has 1 fully saturated rings. The van der Waals surface area contributed by atoms with Gasteiger partial charge in [-0.3, -0.25) is 0 Å². The third kappa shape index (κ3) is 3.30. The first-order valence-electron chi connectivity index (χ1n) is 6.14. The summed E-state index contributed by atoms with van der Waals surface area (Å²) in [5, 5.41) is 0. The summed E-state index contributed by atoms with van der Waals surface area (Å²) in [6.45, 7) is 4.12. The molecule has 0 aromatic heterocycles. The summed E-state index contributed by atoms with van der Waals surface area (Å²) in [5.41, 5.74) is 1.15. The highest BCUT2D eigenvalue weighted by Gasteiger charge is 2.45. The van der Waals surface area contributed by atoms with Gasteiger partial charge in [0.05, 0.1) is 6.10 Å². The first kappa shape index (κ1) is 12.1. The summed E-state index contributed by atoms with van der Waals surface area (Å²) in [5.74, 6) is 0.320. The van der Waals surface area contributed by atoms with E-state index in [9.17, 15) is 4.79 Å². The maximum Gasteiger partial charge on any atom is 0.343 e. The highest BCUT2D eigenvalue weighted by molar-refractivity contribution is 5.80. The molecule has 1 aliphatic rings. The average Bonchev–Trinajstić information content (AvgIpc) is 3.09. The minimum absolute atomic E-state index is 0.0768. The van der Waals surface area contributed by atoms with Crippen LogP contribution in [0, 0.1) is 6.92 Å². The van der Waals surface area contributed by atoms with Crippen LogP contribution in [0.3, 0.4) is 0 Å². The Bertz CT molecular complexity index is 383. The van der Waals surface area contributed by atoms with E-state index in [1.807, 2.05) is 19.1 Å². The van der Waals surface area contributed by atoms with Gasteiger partial charge in [0.2, 0.25) is 0 Å². The second-order valence-electron chi connectivity index (χ2n) is 4.47. The van der Waals surface area contributed by atoms with Crippen LogP contribution >= 0.6 is 0 Å². The Balaban J connectivity index is 1.80. The maximum absolute atomic E-state index is 11.7. The monoisotopic (exact) mass is 234 g/mol. The zero-order valence-electron chi connectivity index (χ0n) is 10.3. The topological polar surface area (TPSA) is 38.8 Å². The van der Waals surface area contributed by atoms with Crippen molar-refractivity contribution in [2.24, 2.45) is 0 Å². The van der Waals surface area contributed by atoms with Crippen LogP contribution in [0.4, 0.5) is 0 Å². The molecule has 1 saturated heterocycles. The van der Waals surface area contributed by atoms with E-state index >= 15 is 0 Å². The van der Waals surface area contributed by atoms with Gasteiger partial charge in [-0.15, -0.1) is 0 Å². The molecular formula is C14H18O3. The fourth-order valence-corrected chi connectivity index (χ4v) is 1.76. The van der Waals surface area contributed by atoms with Crippen molar-refractivity contribution < 1.29 is 14.3 Å².